The zero-order valence-corrected chi connectivity index (χ0v) is 8.14. The van der Waals surface area contributed by atoms with Gasteiger partial charge in [0, 0.05) is 12.7 Å². The van der Waals surface area contributed by atoms with Crippen LogP contribution in [0.5, 0.6) is 0 Å². The minimum Gasteiger partial charge on any atom is -0.315 e. The second-order valence-electron chi connectivity index (χ2n) is 2.53. The Balaban J connectivity index is 0.000000605. The summed E-state index contributed by atoms with van der Waals surface area (Å²) < 4.78 is 1.92. The SMILES string of the molecule is Cl.Cl.c1cn([C@@H]2CCNC2)nn1. The summed E-state index contributed by atoms with van der Waals surface area (Å²) in [6, 6.07) is 0.530. The van der Waals surface area contributed by atoms with Crippen LogP contribution in [0.1, 0.15) is 12.5 Å². The van der Waals surface area contributed by atoms with E-state index in [9.17, 15) is 0 Å². The molecular weight excluding hydrogens is 199 g/mol. The van der Waals surface area contributed by atoms with Crippen LogP contribution >= 0.6 is 24.8 Å². The Morgan fingerprint density at radius 2 is 2.25 bits per heavy atom. The third-order valence-electron chi connectivity index (χ3n) is 1.85. The highest BCUT2D eigenvalue weighted by atomic mass is 35.5. The first-order valence-electron chi connectivity index (χ1n) is 3.53. The summed E-state index contributed by atoms with van der Waals surface area (Å²) in [6.07, 6.45) is 4.80. The molecule has 1 N–H and O–H groups in total. The van der Waals surface area contributed by atoms with Gasteiger partial charge in [0.05, 0.1) is 12.2 Å². The molecule has 1 saturated heterocycles. The van der Waals surface area contributed by atoms with Gasteiger partial charge in [-0.1, -0.05) is 5.21 Å². The van der Waals surface area contributed by atoms with Crippen LogP contribution in [-0.2, 0) is 0 Å². The standard InChI is InChI=1S/C6H10N4.2ClH/c1-2-7-5-6(1)10-4-3-8-9-10;;/h3-4,6-7H,1-2,5H2;2*1H/t6-;;/m1../s1. The Kier molecular flexibility index (Phi) is 5.20. The Bertz CT molecular complexity index is 195. The molecule has 2 heterocycles. The Morgan fingerprint density at radius 3 is 2.75 bits per heavy atom. The van der Waals surface area contributed by atoms with E-state index in [2.05, 4.69) is 15.6 Å². The maximum Gasteiger partial charge on any atom is 0.0693 e. The maximum atomic E-state index is 3.92. The predicted molar refractivity (Wildman–Crippen MR) is 51.0 cm³/mol. The van der Waals surface area contributed by atoms with Crippen molar-refractivity contribution in [1.82, 2.24) is 20.3 Å². The lowest BCUT2D eigenvalue weighted by Crippen LogP contribution is -2.13. The van der Waals surface area contributed by atoms with Gasteiger partial charge in [-0.25, -0.2) is 4.68 Å². The van der Waals surface area contributed by atoms with E-state index < -0.39 is 0 Å². The molecule has 12 heavy (non-hydrogen) atoms. The Morgan fingerprint density at radius 1 is 1.42 bits per heavy atom. The molecule has 4 nitrogen and oxygen atoms in total. The van der Waals surface area contributed by atoms with Crippen LogP contribution in [-0.4, -0.2) is 28.1 Å². The van der Waals surface area contributed by atoms with Crippen molar-refractivity contribution in [1.29, 1.82) is 0 Å². The summed E-state index contributed by atoms with van der Waals surface area (Å²) in [5, 5.41) is 10.9. The number of hydrogen-bond acceptors (Lipinski definition) is 3. The van der Waals surface area contributed by atoms with Crippen molar-refractivity contribution in [2.75, 3.05) is 13.1 Å². The summed E-state index contributed by atoms with van der Waals surface area (Å²) in [5.41, 5.74) is 0. The van der Waals surface area contributed by atoms with Gasteiger partial charge in [-0.2, -0.15) is 0 Å². The molecule has 0 saturated carbocycles. The van der Waals surface area contributed by atoms with Crippen molar-refractivity contribution >= 4 is 24.8 Å². The molecule has 1 atom stereocenters. The van der Waals surface area contributed by atoms with Gasteiger partial charge in [0.15, 0.2) is 0 Å². The second-order valence-corrected chi connectivity index (χ2v) is 2.53. The van der Waals surface area contributed by atoms with Gasteiger partial charge in [0.2, 0.25) is 0 Å². The first kappa shape index (κ1) is 11.7. The average Bonchev–Trinajstić information content (AvgIpc) is 2.59. The number of nitrogens with one attached hydrogen (secondary N) is 1. The van der Waals surface area contributed by atoms with Crippen molar-refractivity contribution < 1.29 is 0 Å². The quantitative estimate of drug-likeness (QED) is 0.741. The monoisotopic (exact) mass is 210 g/mol. The van der Waals surface area contributed by atoms with Gasteiger partial charge in [0.1, 0.15) is 0 Å². The van der Waals surface area contributed by atoms with Gasteiger partial charge in [-0.05, 0) is 13.0 Å². The minimum atomic E-state index is 0. The molecule has 0 bridgehead atoms. The van der Waals surface area contributed by atoms with E-state index in [4.69, 9.17) is 0 Å². The van der Waals surface area contributed by atoms with E-state index >= 15 is 0 Å². The highest BCUT2D eigenvalue weighted by Gasteiger charge is 2.15. The highest BCUT2D eigenvalue weighted by Crippen LogP contribution is 2.11. The molecule has 0 radical (unpaired) electrons. The summed E-state index contributed by atoms with van der Waals surface area (Å²) in [5.74, 6) is 0. The minimum absolute atomic E-state index is 0. The number of nitrogens with zero attached hydrogens (tertiary/aromatic N) is 3. The van der Waals surface area contributed by atoms with Crippen LogP contribution in [0.15, 0.2) is 12.4 Å². The van der Waals surface area contributed by atoms with Crippen molar-refractivity contribution in [2.24, 2.45) is 0 Å². The van der Waals surface area contributed by atoms with Gasteiger partial charge >= 0.3 is 0 Å². The smallest absolute Gasteiger partial charge is 0.0693 e. The molecule has 2 rings (SSSR count). The first-order chi connectivity index (χ1) is 4.97. The molecule has 0 aliphatic carbocycles. The normalized spacial score (nSPS) is 21.2. The first-order valence-corrected chi connectivity index (χ1v) is 3.53. The van der Waals surface area contributed by atoms with E-state index in [-0.39, 0.29) is 24.8 Å². The molecule has 6 heteroatoms. The highest BCUT2D eigenvalue weighted by molar-refractivity contribution is 5.85. The van der Waals surface area contributed by atoms with E-state index in [1.165, 1.54) is 6.42 Å². The maximum absolute atomic E-state index is 3.92. The van der Waals surface area contributed by atoms with Crippen molar-refractivity contribution in [3.63, 3.8) is 0 Å². The van der Waals surface area contributed by atoms with Crippen molar-refractivity contribution in [2.45, 2.75) is 12.5 Å². The fourth-order valence-corrected chi connectivity index (χ4v) is 1.28. The van der Waals surface area contributed by atoms with Gasteiger partial charge in [-0.15, -0.1) is 29.9 Å². The Labute approximate surface area is 83.5 Å². The lowest BCUT2D eigenvalue weighted by atomic mass is 10.3. The van der Waals surface area contributed by atoms with E-state index in [1.807, 2.05) is 10.9 Å². The third-order valence-corrected chi connectivity index (χ3v) is 1.85. The third kappa shape index (κ3) is 2.33. The van der Waals surface area contributed by atoms with Crippen molar-refractivity contribution in [3.8, 4) is 0 Å². The zero-order valence-electron chi connectivity index (χ0n) is 6.51. The largest absolute Gasteiger partial charge is 0.315 e. The molecule has 0 unspecified atom stereocenters. The molecule has 1 fully saturated rings. The zero-order chi connectivity index (χ0) is 6.81. The summed E-state index contributed by atoms with van der Waals surface area (Å²) in [4.78, 5) is 0. The number of aromatic nitrogens is 3. The Hall–Kier alpha value is -0.320. The lowest BCUT2D eigenvalue weighted by molar-refractivity contribution is 0.476. The molecule has 0 amide bonds. The number of rotatable bonds is 1. The molecule has 1 aromatic rings. The summed E-state index contributed by atoms with van der Waals surface area (Å²) >= 11 is 0. The molecule has 1 aromatic heterocycles. The topological polar surface area (TPSA) is 42.7 Å². The van der Waals surface area contributed by atoms with Gasteiger partial charge in [-0.3, -0.25) is 0 Å². The fourth-order valence-electron chi connectivity index (χ4n) is 1.28. The van der Waals surface area contributed by atoms with Crippen LogP contribution < -0.4 is 5.32 Å². The fraction of sp³-hybridized carbons (Fsp3) is 0.667. The molecule has 1 aliphatic rings. The van der Waals surface area contributed by atoms with E-state index in [1.54, 1.807) is 6.20 Å². The van der Waals surface area contributed by atoms with Gasteiger partial charge < -0.3 is 5.32 Å². The summed E-state index contributed by atoms with van der Waals surface area (Å²) in [7, 11) is 0. The van der Waals surface area contributed by atoms with Crippen LogP contribution in [0.3, 0.4) is 0 Å². The van der Waals surface area contributed by atoms with Crippen LogP contribution in [0.4, 0.5) is 0 Å². The number of halogens is 2. The molecular formula is C6H12Cl2N4. The second kappa shape index (κ2) is 5.35. The van der Waals surface area contributed by atoms with Crippen LogP contribution in [0.25, 0.3) is 0 Å². The average molecular weight is 211 g/mol. The molecule has 70 valence electrons. The molecule has 0 aromatic carbocycles. The van der Waals surface area contributed by atoms with Gasteiger partial charge in [0.25, 0.3) is 0 Å². The van der Waals surface area contributed by atoms with Crippen LogP contribution in [0.2, 0.25) is 0 Å². The predicted octanol–water partition coefficient (Wildman–Crippen LogP) is 0.656. The van der Waals surface area contributed by atoms with E-state index in [0.717, 1.165) is 13.1 Å². The lowest BCUT2D eigenvalue weighted by Gasteiger charge is -2.05. The molecule has 0 spiro atoms. The van der Waals surface area contributed by atoms with E-state index in [0.29, 0.717) is 6.04 Å². The molecule has 1 aliphatic heterocycles. The van der Waals surface area contributed by atoms with Crippen LogP contribution in [0, 0.1) is 0 Å². The summed E-state index contributed by atoms with van der Waals surface area (Å²) in [6.45, 7) is 2.13. The van der Waals surface area contributed by atoms with Crippen molar-refractivity contribution in [3.05, 3.63) is 12.4 Å². The number of hydrogen-bond donors (Lipinski definition) is 1.